The zero-order valence-corrected chi connectivity index (χ0v) is 13.2. The topological polar surface area (TPSA) is 57.4 Å². The first kappa shape index (κ1) is 16.0. The zero-order chi connectivity index (χ0) is 15.9. The lowest BCUT2D eigenvalue weighted by Gasteiger charge is -2.09. The van der Waals surface area contributed by atoms with E-state index in [1.165, 1.54) is 0 Å². The summed E-state index contributed by atoms with van der Waals surface area (Å²) in [7, 11) is 0. The minimum absolute atomic E-state index is 0.0496. The van der Waals surface area contributed by atoms with Gasteiger partial charge in [-0.05, 0) is 44.5 Å². The second kappa shape index (κ2) is 7.61. The number of rotatable bonds is 6. The maximum absolute atomic E-state index is 5.75. The maximum Gasteiger partial charge on any atom is 0.213 e. The molecule has 0 spiro atoms. The van der Waals surface area contributed by atoms with Crippen molar-refractivity contribution >= 4 is 6.08 Å². The van der Waals surface area contributed by atoms with Crippen molar-refractivity contribution < 1.29 is 9.47 Å². The highest BCUT2D eigenvalue weighted by Gasteiger charge is 2.01. The largest absolute Gasteiger partial charge is 0.475 e. The van der Waals surface area contributed by atoms with Crippen LogP contribution in [0.4, 0.5) is 0 Å². The molecule has 2 aromatic rings. The van der Waals surface area contributed by atoms with Crippen LogP contribution >= 0.6 is 0 Å². The molecule has 1 heterocycles. The van der Waals surface area contributed by atoms with Gasteiger partial charge >= 0.3 is 0 Å². The van der Waals surface area contributed by atoms with Crippen molar-refractivity contribution in [2.75, 3.05) is 0 Å². The lowest BCUT2D eigenvalue weighted by atomic mass is 10.2. The van der Waals surface area contributed by atoms with E-state index in [-0.39, 0.29) is 12.1 Å². The summed E-state index contributed by atoms with van der Waals surface area (Å²) in [5.41, 5.74) is 6.77. The molecule has 0 saturated heterocycles. The Kier molecular flexibility index (Phi) is 5.55. The molecule has 0 aliphatic heterocycles. The van der Waals surface area contributed by atoms with Gasteiger partial charge in [-0.1, -0.05) is 24.3 Å². The smallest absolute Gasteiger partial charge is 0.213 e. The summed E-state index contributed by atoms with van der Waals surface area (Å²) in [4.78, 5) is 4.21. The number of nitrogens with two attached hydrogens (primary N) is 1. The molecular weight excluding hydrogens is 276 g/mol. The molecule has 0 radical (unpaired) electrons. The van der Waals surface area contributed by atoms with Crippen molar-refractivity contribution in [3.8, 4) is 17.4 Å². The monoisotopic (exact) mass is 298 g/mol. The molecule has 4 nitrogen and oxygen atoms in total. The van der Waals surface area contributed by atoms with Gasteiger partial charge in [0.05, 0.1) is 12.3 Å². The predicted molar refractivity (Wildman–Crippen MR) is 89.2 cm³/mol. The van der Waals surface area contributed by atoms with Crippen LogP contribution in [0.15, 0.2) is 48.7 Å². The summed E-state index contributed by atoms with van der Waals surface area (Å²) in [5, 5.41) is 0. The van der Waals surface area contributed by atoms with E-state index in [1.54, 1.807) is 12.3 Å². The molecule has 1 atom stereocenters. The van der Waals surface area contributed by atoms with Crippen molar-refractivity contribution in [3.05, 3.63) is 54.2 Å². The summed E-state index contributed by atoms with van der Waals surface area (Å²) in [6.45, 7) is 5.87. The molecule has 2 rings (SSSR count). The highest BCUT2D eigenvalue weighted by atomic mass is 16.5. The highest BCUT2D eigenvalue weighted by Crippen LogP contribution is 2.23. The SMILES string of the molecule is CC(N)/C=C/c1ccc(Oc2ccc(OC(C)C)nc2)cc1. The highest BCUT2D eigenvalue weighted by molar-refractivity contribution is 5.51. The van der Waals surface area contributed by atoms with Crippen LogP contribution in [0.1, 0.15) is 26.3 Å². The van der Waals surface area contributed by atoms with Crippen molar-refractivity contribution in [2.24, 2.45) is 5.73 Å². The first-order valence-corrected chi connectivity index (χ1v) is 7.37. The number of nitrogens with zero attached hydrogens (tertiary/aromatic N) is 1. The second-order valence-corrected chi connectivity index (χ2v) is 5.39. The fourth-order valence-electron chi connectivity index (χ4n) is 1.78. The molecule has 1 unspecified atom stereocenters. The normalized spacial score (nSPS) is 12.6. The van der Waals surface area contributed by atoms with Crippen LogP contribution in [-0.4, -0.2) is 17.1 Å². The van der Waals surface area contributed by atoms with E-state index in [1.807, 2.05) is 63.3 Å². The van der Waals surface area contributed by atoms with Crippen LogP contribution in [0.3, 0.4) is 0 Å². The van der Waals surface area contributed by atoms with E-state index >= 15 is 0 Å². The third kappa shape index (κ3) is 5.22. The van der Waals surface area contributed by atoms with Gasteiger partial charge in [-0.2, -0.15) is 0 Å². The Morgan fingerprint density at radius 3 is 2.23 bits per heavy atom. The lowest BCUT2D eigenvalue weighted by Crippen LogP contribution is -2.09. The van der Waals surface area contributed by atoms with Gasteiger partial charge in [0.2, 0.25) is 5.88 Å². The second-order valence-electron chi connectivity index (χ2n) is 5.39. The Hall–Kier alpha value is -2.33. The van der Waals surface area contributed by atoms with E-state index in [4.69, 9.17) is 15.2 Å². The lowest BCUT2D eigenvalue weighted by molar-refractivity contribution is 0.232. The molecule has 0 bridgehead atoms. The molecule has 1 aromatic heterocycles. The van der Waals surface area contributed by atoms with E-state index < -0.39 is 0 Å². The number of hydrogen-bond acceptors (Lipinski definition) is 4. The molecule has 22 heavy (non-hydrogen) atoms. The fraction of sp³-hybridized carbons (Fsp3) is 0.278. The average molecular weight is 298 g/mol. The number of hydrogen-bond donors (Lipinski definition) is 1. The van der Waals surface area contributed by atoms with Gasteiger partial charge in [0.1, 0.15) is 11.5 Å². The molecule has 0 saturated carbocycles. The first-order valence-electron chi connectivity index (χ1n) is 7.37. The van der Waals surface area contributed by atoms with Crippen LogP contribution < -0.4 is 15.2 Å². The number of pyridine rings is 1. The minimum Gasteiger partial charge on any atom is -0.475 e. The van der Waals surface area contributed by atoms with Crippen LogP contribution in [0.5, 0.6) is 17.4 Å². The van der Waals surface area contributed by atoms with Crippen LogP contribution in [0.25, 0.3) is 6.08 Å². The van der Waals surface area contributed by atoms with Crippen LogP contribution in [0, 0.1) is 0 Å². The molecular formula is C18H22N2O2. The van der Waals surface area contributed by atoms with E-state index in [9.17, 15) is 0 Å². The van der Waals surface area contributed by atoms with Crippen molar-refractivity contribution in [2.45, 2.75) is 32.9 Å². The van der Waals surface area contributed by atoms with E-state index in [2.05, 4.69) is 4.98 Å². The number of aromatic nitrogens is 1. The Balaban J connectivity index is 1.98. The molecule has 0 aliphatic rings. The Morgan fingerprint density at radius 1 is 1.00 bits per heavy atom. The Morgan fingerprint density at radius 2 is 1.68 bits per heavy atom. The molecule has 0 fully saturated rings. The quantitative estimate of drug-likeness (QED) is 0.875. The molecule has 0 aliphatic carbocycles. The third-order valence-corrected chi connectivity index (χ3v) is 2.77. The van der Waals surface area contributed by atoms with Gasteiger partial charge in [-0.3, -0.25) is 0 Å². The van der Waals surface area contributed by atoms with Crippen molar-refractivity contribution in [1.82, 2.24) is 4.98 Å². The molecule has 0 amide bonds. The summed E-state index contributed by atoms with van der Waals surface area (Å²) in [6, 6.07) is 11.5. The minimum atomic E-state index is 0.0496. The van der Waals surface area contributed by atoms with Gasteiger partial charge in [-0.15, -0.1) is 0 Å². The fourth-order valence-corrected chi connectivity index (χ4v) is 1.78. The number of benzene rings is 1. The van der Waals surface area contributed by atoms with Gasteiger partial charge in [0, 0.05) is 12.1 Å². The molecule has 2 N–H and O–H groups in total. The van der Waals surface area contributed by atoms with Gasteiger partial charge in [0.25, 0.3) is 0 Å². The zero-order valence-electron chi connectivity index (χ0n) is 13.2. The van der Waals surface area contributed by atoms with Gasteiger partial charge in [0.15, 0.2) is 0 Å². The first-order chi connectivity index (χ1) is 10.5. The standard InChI is InChI=1S/C18H22N2O2/c1-13(2)21-18-11-10-17(12-20-18)22-16-8-6-15(7-9-16)5-4-14(3)19/h4-14H,19H2,1-3H3/b5-4+. The third-order valence-electron chi connectivity index (χ3n) is 2.77. The van der Waals surface area contributed by atoms with Gasteiger partial charge < -0.3 is 15.2 Å². The summed E-state index contributed by atoms with van der Waals surface area (Å²) < 4.78 is 11.2. The molecule has 116 valence electrons. The Bertz CT molecular complexity index is 602. The summed E-state index contributed by atoms with van der Waals surface area (Å²) in [6.07, 6.45) is 5.71. The summed E-state index contributed by atoms with van der Waals surface area (Å²) in [5.74, 6) is 2.03. The predicted octanol–water partition coefficient (Wildman–Crippen LogP) is 4.02. The van der Waals surface area contributed by atoms with Crippen LogP contribution in [0.2, 0.25) is 0 Å². The molecule has 4 heteroatoms. The summed E-state index contributed by atoms with van der Waals surface area (Å²) >= 11 is 0. The Labute approximate surface area is 131 Å². The van der Waals surface area contributed by atoms with Crippen molar-refractivity contribution in [3.63, 3.8) is 0 Å². The van der Waals surface area contributed by atoms with E-state index in [0.29, 0.717) is 11.6 Å². The van der Waals surface area contributed by atoms with Crippen molar-refractivity contribution in [1.29, 1.82) is 0 Å². The average Bonchev–Trinajstić information content (AvgIpc) is 2.48. The van der Waals surface area contributed by atoms with Gasteiger partial charge in [-0.25, -0.2) is 4.98 Å². The number of ether oxygens (including phenoxy) is 2. The van der Waals surface area contributed by atoms with Crippen LogP contribution in [-0.2, 0) is 0 Å². The van der Waals surface area contributed by atoms with E-state index in [0.717, 1.165) is 11.3 Å². The maximum atomic E-state index is 5.75. The molecule has 1 aromatic carbocycles.